The van der Waals surface area contributed by atoms with Crippen LogP contribution in [0.1, 0.15) is 30.1 Å². The molecule has 3 aromatic heterocycles. The van der Waals surface area contributed by atoms with E-state index in [0.29, 0.717) is 21.3 Å². The van der Waals surface area contributed by atoms with Crippen molar-refractivity contribution in [2.24, 2.45) is 0 Å². The summed E-state index contributed by atoms with van der Waals surface area (Å²) >= 11 is 12.0. The van der Waals surface area contributed by atoms with Crippen molar-refractivity contribution in [3.8, 4) is 23.0 Å². The van der Waals surface area contributed by atoms with E-state index >= 15 is 0 Å². The SMILES string of the molecule is FC(F)(F)c1cc(C2CC2)nc2cc(-c3nc(-c4ccc(Cl)cc4Cl)no3)nn12. The van der Waals surface area contributed by atoms with Crippen molar-refractivity contribution in [2.75, 3.05) is 0 Å². The third kappa shape index (κ3) is 3.34. The van der Waals surface area contributed by atoms with Gasteiger partial charge < -0.3 is 4.52 Å². The van der Waals surface area contributed by atoms with Gasteiger partial charge in [0.05, 0.1) is 5.02 Å². The van der Waals surface area contributed by atoms with Crippen molar-refractivity contribution in [2.45, 2.75) is 24.9 Å². The quantitative estimate of drug-likeness (QED) is 0.412. The van der Waals surface area contributed by atoms with Crippen LogP contribution in [0.4, 0.5) is 13.2 Å². The highest BCUT2D eigenvalue weighted by atomic mass is 35.5. The molecule has 1 saturated carbocycles. The number of alkyl halides is 3. The van der Waals surface area contributed by atoms with Gasteiger partial charge in [0.1, 0.15) is 5.69 Å². The van der Waals surface area contributed by atoms with Gasteiger partial charge in [-0.05, 0) is 37.1 Å². The number of rotatable bonds is 3. The van der Waals surface area contributed by atoms with Crippen LogP contribution < -0.4 is 0 Å². The minimum Gasteiger partial charge on any atom is -0.332 e. The van der Waals surface area contributed by atoms with Crippen LogP contribution in [0.3, 0.4) is 0 Å². The molecule has 1 fully saturated rings. The highest BCUT2D eigenvalue weighted by Crippen LogP contribution is 2.41. The number of fused-ring (bicyclic) bond motifs is 1. The fourth-order valence-electron chi connectivity index (χ4n) is 3.00. The van der Waals surface area contributed by atoms with Crippen LogP contribution in [0, 0.1) is 0 Å². The van der Waals surface area contributed by atoms with Gasteiger partial charge in [-0.2, -0.15) is 23.3 Å². The molecule has 5 rings (SSSR count). The first-order valence-electron chi connectivity index (χ1n) is 8.57. The summed E-state index contributed by atoms with van der Waals surface area (Å²) in [4.78, 5) is 8.53. The van der Waals surface area contributed by atoms with Crippen LogP contribution in [0.2, 0.25) is 10.0 Å². The maximum absolute atomic E-state index is 13.5. The Labute approximate surface area is 171 Å². The van der Waals surface area contributed by atoms with Crippen LogP contribution in [0.5, 0.6) is 0 Å². The second kappa shape index (κ2) is 6.43. The van der Waals surface area contributed by atoms with E-state index in [4.69, 9.17) is 27.7 Å². The Bertz CT molecular complexity index is 1250. The molecule has 0 N–H and O–H groups in total. The van der Waals surface area contributed by atoms with Crippen LogP contribution in [0.25, 0.3) is 28.6 Å². The van der Waals surface area contributed by atoms with Gasteiger partial charge in [-0.15, -0.1) is 0 Å². The van der Waals surface area contributed by atoms with E-state index < -0.39 is 11.9 Å². The predicted molar refractivity (Wildman–Crippen MR) is 98.7 cm³/mol. The van der Waals surface area contributed by atoms with Gasteiger partial charge in [0.15, 0.2) is 11.3 Å². The molecule has 1 aromatic carbocycles. The van der Waals surface area contributed by atoms with E-state index in [0.717, 1.165) is 23.4 Å². The number of nitrogens with zero attached hydrogens (tertiary/aromatic N) is 5. The number of aromatic nitrogens is 5. The summed E-state index contributed by atoms with van der Waals surface area (Å²) in [7, 11) is 0. The zero-order chi connectivity index (χ0) is 20.3. The van der Waals surface area contributed by atoms with Gasteiger partial charge in [0.2, 0.25) is 5.82 Å². The smallest absolute Gasteiger partial charge is 0.332 e. The molecule has 0 radical (unpaired) electrons. The summed E-state index contributed by atoms with van der Waals surface area (Å²) in [6.45, 7) is 0. The Hall–Kier alpha value is -2.65. The molecular formula is C18H10Cl2F3N5O. The van der Waals surface area contributed by atoms with Crippen molar-refractivity contribution >= 4 is 28.8 Å². The Kier molecular flexibility index (Phi) is 4.08. The standard InChI is InChI=1S/C18H10Cl2F3N5O/c19-9-3-4-10(11(20)5-9)16-25-17(29-27-16)13-7-15-24-12(8-1-2-8)6-14(18(21,22)23)28(15)26-13/h3-8H,1-2H2. The average Bonchev–Trinajstić information content (AvgIpc) is 3.23. The van der Waals surface area contributed by atoms with E-state index in [9.17, 15) is 13.2 Å². The van der Waals surface area contributed by atoms with Crippen molar-refractivity contribution < 1.29 is 17.7 Å². The summed E-state index contributed by atoms with van der Waals surface area (Å²) in [6, 6.07) is 7.20. The highest BCUT2D eigenvalue weighted by Gasteiger charge is 2.37. The third-order valence-electron chi connectivity index (χ3n) is 4.55. The minimum absolute atomic E-state index is 0.0439. The fourth-order valence-corrected chi connectivity index (χ4v) is 3.49. The van der Waals surface area contributed by atoms with Gasteiger partial charge in [0.25, 0.3) is 5.89 Å². The average molecular weight is 440 g/mol. The summed E-state index contributed by atoms with van der Waals surface area (Å²) in [6.07, 6.45) is -2.92. The van der Waals surface area contributed by atoms with E-state index in [-0.39, 0.29) is 29.0 Å². The number of hydrogen-bond donors (Lipinski definition) is 0. The molecule has 0 aliphatic heterocycles. The topological polar surface area (TPSA) is 69.1 Å². The largest absolute Gasteiger partial charge is 0.433 e. The van der Waals surface area contributed by atoms with E-state index in [1.54, 1.807) is 12.1 Å². The minimum atomic E-state index is -4.58. The molecule has 29 heavy (non-hydrogen) atoms. The second-order valence-electron chi connectivity index (χ2n) is 6.69. The van der Waals surface area contributed by atoms with Crippen molar-refractivity contribution in [3.63, 3.8) is 0 Å². The maximum Gasteiger partial charge on any atom is 0.433 e. The molecule has 0 amide bonds. The fraction of sp³-hybridized carbons (Fsp3) is 0.222. The summed E-state index contributed by atoms with van der Waals surface area (Å²) in [5.74, 6) is 0.181. The molecule has 0 atom stereocenters. The molecule has 1 aliphatic rings. The third-order valence-corrected chi connectivity index (χ3v) is 5.10. The van der Waals surface area contributed by atoms with Gasteiger partial charge in [-0.25, -0.2) is 9.50 Å². The first kappa shape index (κ1) is 18.4. The van der Waals surface area contributed by atoms with Crippen LogP contribution in [0.15, 0.2) is 34.9 Å². The number of halogens is 5. The molecule has 0 unspecified atom stereocenters. The first-order valence-corrected chi connectivity index (χ1v) is 9.32. The lowest BCUT2D eigenvalue weighted by molar-refractivity contribution is -0.142. The monoisotopic (exact) mass is 439 g/mol. The van der Waals surface area contributed by atoms with E-state index in [1.165, 1.54) is 12.1 Å². The second-order valence-corrected chi connectivity index (χ2v) is 7.53. The summed E-state index contributed by atoms with van der Waals surface area (Å²) in [5.41, 5.74) is 0.146. The van der Waals surface area contributed by atoms with Gasteiger partial charge >= 0.3 is 6.18 Å². The Morgan fingerprint density at radius 3 is 2.55 bits per heavy atom. The Morgan fingerprint density at radius 1 is 1.07 bits per heavy atom. The molecule has 0 spiro atoms. The van der Waals surface area contributed by atoms with Gasteiger partial charge in [-0.1, -0.05) is 28.4 Å². The molecule has 0 saturated heterocycles. The lowest BCUT2D eigenvalue weighted by Gasteiger charge is -2.10. The maximum atomic E-state index is 13.5. The number of hydrogen-bond acceptors (Lipinski definition) is 5. The molecule has 0 bridgehead atoms. The van der Waals surface area contributed by atoms with Crippen molar-refractivity contribution in [3.05, 3.63) is 51.8 Å². The number of benzene rings is 1. The molecule has 1 aliphatic carbocycles. The normalized spacial score (nSPS) is 14.7. The van der Waals surface area contributed by atoms with Gasteiger partial charge in [-0.3, -0.25) is 0 Å². The molecule has 11 heteroatoms. The van der Waals surface area contributed by atoms with E-state index in [2.05, 4.69) is 20.2 Å². The molecule has 4 aromatic rings. The molecule has 148 valence electrons. The Balaban J connectivity index is 1.60. The summed E-state index contributed by atoms with van der Waals surface area (Å²) in [5, 5.41) is 8.60. The molecule has 3 heterocycles. The van der Waals surface area contributed by atoms with Gasteiger partial charge in [0, 0.05) is 28.3 Å². The lowest BCUT2D eigenvalue weighted by Crippen LogP contribution is -2.14. The summed E-state index contributed by atoms with van der Waals surface area (Å²) < 4.78 is 46.5. The molecule has 6 nitrogen and oxygen atoms in total. The highest BCUT2D eigenvalue weighted by molar-refractivity contribution is 6.36. The van der Waals surface area contributed by atoms with E-state index in [1.807, 2.05) is 0 Å². The zero-order valence-electron chi connectivity index (χ0n) is 14.4. The van der Waals surface area contributed by atoms with Crippen LogP contribution in [-0.4, -0.2) is 24.7 Å². The first-order chi connectivity index (χ1) is 13.8. The zero-order valence-corrected chi connectivity index (χ0v) is 15.9. The van der Waals surface area contributed by atoms with Crippen molar-refractivity contribution in [1.29, 1.82) is 0 Å². The van der Waals surface area contributed by atoms with Crippen LogP contribution >= 0.6 is 23.2 Å². The predicted octanol–water partition coefficient (Wildman–Crippen LogP) is 5.65. The van der Waals surface area contributed by atoms with Crippen LogP contribution in [-0.2, 0) is 6.18 Å². The molecular weight excluding hydrogens is 430 g/mol. The lowest BCUT2D eigenvalue weighted by atomic mass is 10.2. The Morgan fingerprint density at radius 2 is 1.86 bits per heavy atom. The van der Waals surface area contributed by atoms with Crippen molar-refractivity contribution in [1.82, 2.24) is 24.7 Å².